The predicted octanol–water partition coefficient (Wildman–Crippen LogP) is 21.9. The van der Waals surface area contributed by atoms with Gasteiger partial charge in [0.25, 0.3) is 0 Å². The van der Waals surface area contributed by atoms with E-state index in [-0.39, 0.29) is 89.1 Å². The molecule has 0 aromatic heterocycles. The summed E-state index contributed by atoms with van der Waals surface area (Å²) in [6.07, 6.45) is 14.0. The van der Waals surface area contributed by atoms with Crippen molar-refractivity contribution in [1.29, 1.82) is 0 Å². The van der Waals surface area contributed by atoms with Gasteiger partial charge in [-0.2, -0.15) is 0 Å². The third-order valence-corrected chi connectivity index (χ3v) is 26.7. The lowest BCUT2D eigenvalue weighted by molar-refractivity contribution is 0.252. The summed E-state index contributed by atoms with van der Waals surface area (Å²) in [5, 5.41) is 88.9. The van der Waals surface area contributed by atoms with Crippen LogP contribution in [0.2, 0.25) is 0 Å². The van der Waals surface area contributed by atoms with Crippen LogP contribution in [-0.4, -0.2) is 95.7 Å². The molecule has 0 heterocycles. The van der Waals surface area contributed by atoms with Crippen LogP contribution in [0.1, 0.15) is 289 Å². The molecule has 16 nitrogen and oxygen atoms in total. The molecule has 12 aromatic carbocycles. The van der Waals surface area contributed by atoms with Crippen molar-refractivity contribution in [2.75, 3.05) is 49.8 Å². The molecule has 0 amide bonds. The Morgan fingerprint density at radius 3 is 1.11 bits per heavy atom. The van der Waals surface area contributed by atoms with E-state index in [9.17, 15) is 46.0 Å². The van der Waals surface area contributed by atoms with E-state index in [1.165, 1.54) is 97.6 Å². The number of benzene rings is 12. The van der Waals surface area contributed by atoms with Crippen molar-refractivity contribution in [2.24, 2.45) is 0 Å². The fourth-order valence-electron chi connectivity index (χ4n) is 18.9. The third kappa shape index (κ3) is 24.3. The van der Waals surface area contributed by atoms with Gasteiger partial charge in [0.15, 0.2) is 0 Å². The highest BCUT2D eigenvalue weighted by Crippen LogP contribution is 2.48. The van der Waals surface area contributed by atoms with Gasteiger partial charge >= 0.3 is 0 Å². The number of ether oxygens (including phenoxy) is 7. The Labute approximate surface area is 764 Å². The Bertz CT molecular complexity index is 5210. The van der Waals surface area contributed by atoms with E-state index >= 15 is 0 Å². The van der Waals surface area contributed by atoms with E-state index in [1.807, 2.05) is 152 Å². The first-order valence-electron chi connectivity index (χ1n) is 45.4. The first-order chi connectivity index (χ1) is 62.7. The van der Waals surface area contributed by atoms with Crippen molar-refractivity contribution in [3.05, 3.63) is 380 Å². The van der Waals surface area contributed by atoms with Crippen molar-refractivity contribution < 1.29 is 79.1 Å². The van der Waals surface area contributed by atoms with Crippen molar-refractivity contribution in [1.82, 2.24) is 0 Å². The van der Waals surface area contributed by atoms with Gasteiger partial charge in [0, 0.05) is 52.7 Å². The quantitative estimate of drug-likeness (QED) is 0.0174. The van der Waals surface area contributed by atoms with Crippen LogP contribution in [0, 0.1) is 13.8 Å². The zero-order valence-corrected chi connectivity index (χ0v) is 77.6. The molecule has 682 valence electrons. The molecule has 0 saturated heterocycles. The summed E-state index contributed by atoms with van der Waals surface area (Å²) in [6.45, 7) is 12.5. The van der Waals surface area contributed by atoms with Gasteiger partial charge in [-0.3, -0.25) is 0 Å². The van der Waals surface area contributed by atoms with Crippen molar-refractivity contribution in [3.8, 4) is 40.2 Å². The zero-order valence-electron chi connectivity index (χ0n) is 77.6. The number of rotatable bonds is 33. The minimum atomic E-state index is -0.231. The standard InChI is InChI=1S/C36H46O3.C27H32O5.C26H30O4.C24H26O4/c1-24-18-29(23-38)33(26-12-6-4-7-13-26)20-31(24)36(30-17-11-10-16-28(30)22-37)32-21-34(27-14-8-5-9-15-27)35(39-3)19-25(32)2;1-17(20-7-5-19(14-28)6-8-20)23-13-24(27(32-4)26(16-30)25(23)15-29)18(2)21-9-11-22(31-3)12-10-21;1-17(20-7-5-19(15-27)6-8-20)24-14-25(26(30-4)13-22(24)16-28)18(2)21-9-11-23(29-3)12-10-21;1-27-23-9-7-18(8-10-23)12-21-13-20(22(16-26)14-24(21)28-2)11-17-3-5-19(15-25)6-4-17/h10-11,16-21,26-27,36-38H,4-9,12-15,22-23H2,1-3H3;5-13,17-18,28-30H,14-16H2,1-4H3;5-14,17-18,27-28H,15-16H2,1-4H3;3-10,13-14,25-26H,11-12,15-16H2,1-2H3. The van der Waals surface area contributed by atoms with E-state index in [0.717, 1.165) is 152 Å². The van der Waals surface area contributed by atoms with Crippen LogP contribution < -0.4 is 33.2 Å². The molecule has 5 atom stereocenters. The van der Waals surface area contributed by atoms with Gasteiger partial charge in [-0.1, -0.05) is 236 Å². The molecule has 14 rings (SSSR count). The molecule has 129 heavy (non-hydrogen) atoms. The topological polar surface area (TPSA) is 247 Å². The molecule has 2 fully saturated rings. The molecular weight excluding hydrogens is 1610 g/mol. The van der Waals surface area contributed by atoms with Gasteiger partial charge in [0.1, 0.15) is 40.2 Å². The van der Waals surface area contributed by atoms with Gasteiger partial charge in [0.05, 0.1) is 109 Å². The minimum absolute atomic E-state index is 0.00271. The highest BCUT2D eigenvalue weighted by Gasteiger charge is 2.32. The lowest BCUT2D eigenvalue weighted by Gasteiger charge is -2.31. The van der Waals surface area contributed by atoms with E-state index in [2.05, 4.69) is 114 Å². The Hall–Kier alpha value is -11.1. The Morgan fingerprint density at radius 1 is 0.264 bits per heavy atom. The van der Waals surface area contributed by atoms with Crippen LogP contribution in [-0.2, 0) is 72.3 Å². The summed E-state index contributed by atoms with van der Waals surface area (Å²) < 4.78 is 38.7. The molecule has 0 bridgehead atoms. The van der Waals surface area contributed by atoms with Crippen LogP contribution in [0.15, 0.2) is 224 Å². The summed E-state index contributed by atoms with van der Waals surface area (Å²) in [5.41, 5.74) is 29.5. The molecule has 16 heteroatoms. The van der Waals surface area contributed by atoms with Crippen LogP contribution in [0.5, 0.6) is 40.2 Å². The summed E-state index contributed by atoms with van der Waals surface area (Å²) >= 11 is 0. The molecule has 2 aliphatic rings. The Balaban J connectivity index is 0.000000168. The number of methoxy groups -OCH3 is 7. The highest BCUT2D eigenvalue weighted by atomic mass is 16.5. The van der Waals surface area contributed by atoms with E-state index in [4.69, 9.17) is 33.2 Å². The van der Waals surface area contributed by atoms with Crippen LogP contribution >= 0.6 is 0 Å². The average molecular weight is 1750 g/mol. The van der Waals surface area contributed by atoms with Crippen LogP contribution in [0.25, 0.3) is 0 Å². The fraction of sp³-hybridized carbons (Fsp3) is 0.363. The minimum Gasteiger partial charge on any atom is -0.497 e. The SMILES string of the molecule is COc1cc(C)c(C(c2cc(C3CCCCC3)c(CO)cc2C)c2ccccc2CO)cc1C1CCCCC1.COc1ccc(C(C)c2cc(C(C)c3ccc(CO)cc3)c(CO)c(CO)c2OC)cc1.COc1ccc(C(C)c2cc(C(C)c3ccc(CO)cc3)c(CO)cc2OC)cc1.COc1ccc(Cc2cc(Cc3ccc(CO)cc3)c(CO)cc2OC)cc1. The molecule has 5 unspecified atom stereocenters. The molecule has 0 radical (unpaired) electrons. The maximum atomic E-state index is 10.4. The molecule has 2 saturated carbocycles. The van der Waals surface area contributed by atoms with Crippen molar-refractivity contribution in [2.45, 2.75) is 219 Å². The molecule has 0 spiro atoms. The number of aliphatic hydroxyl groups is 9. The average Bonchev–Trinajstić information content (AvgIpc) is 0.750. The highest BCUT2D eigenvalue weighted by molar-refractivity contribution is 5.60. The molecule has 0 aliphatic heterocycles. The van der Waals surface area contributed by atoms with Gasteiger partial charge in [0.2, 0.25) is 0 Å². The predicted molar refractivity (Wildman–Crippen MR) is 514 cm³/mol. The maximum absolute atomic E-state index is 10.4. The second-order valence-electron chi connectivity index (χ2n) is 34.3. The summed E-state index contributed by atoms with van der Waals surface area (Å²) in [4.78, 5) is 0. The van der Waals surface area contributed by atoms with Crippen molar-refractivity contribution in [3.63, 3.8) is 0 Å². The second kappa shape index (κ2) is 48.5. The summed E-state index contributed by atoms with van der Waals surface area (Å²) in [7, 11) is 11.7. The van der Waals surface area contributed by atoms with Crippen LogP contribution in [0.4, 0.5) is 0 Å². The van der Waals surface area contributed by atoms with Gasteiger partial charge in [-0.15, -0.1) is 0 Å². The first kappa shape index (κ1) is 98.5. The summed E-state index contributed by atoms with van der Waals surface area (Å²) in [6, 6.07) is 75.5. The monoisotopic (exact) mass is 1750 g/mol. The number of hydrogen-bond acceptors (Lipinski definition) is 16. The molecular formula is C113H134O16. The maximum Gasteiger partial charge on any atom is 0.128 e. The molecule has 2 aliphatic carbocycles. The summed E-state index contributed by atoms with van der Waals surface area (Å²) in [5.74, 6) is 6.81. The van der Waals surface area contributed by atoms with E-state index in [0.29, 0.717) is 35.1 Å². The van der Waals surface area contributed by atoms with Crippen LogP contribution in [0.3, 0.4) is 0 Å². The zero-order chi connectivity index (χ0) is 92.2. The second-order valence-corrected chi connectivity index (χ2v) is 34.3. The van der Waals surface area contributed by atoms with Gasteiger partial charge < -0.3 is 79.1 Å². The number of aryl methyl sites for hydroxylation is 2. The number of aliphatic hydroxyl groups excluding tert-OH is 9. The Morgan fingerprint density at radius 2 is 0.651 bits per heavy atom. The normalized spacial score (nSPS) is 13.9. The number of hydrogen-bond donors (Lipinski definition) is 9. The lowest BCUT2D eigenvalue weighted by Crippen LogP contribution is -2.15. The molecule has 9 N–H and O–H groups in total. The largest absolute Gasteiger partial charge is 0.497 e. The lowest BCUT2D eigenvalue weighted by atomic mass is 9.74. The fourth-order valence-corrected chi connectivity index (χ4v) is 18.9. The van der Waals surface area contributed by atoms with Gasteiger partial charge in [-0.05, 0) is 251 Å². The molecule has 12 aromatic rings. The van der Waals surface area contributed by atoms with E-state index in [1.54, 1.807) is 49.8 Å². The third-order valence-electron chi connectivity index (χ3n) is 26.7. The first-order valence-corrected chi connectivity index (χ1v) is 45.4. The van der Waals surface area contributed by atoms with E-state index < -0.39 is 0 Å². The van der Waals surface area contributed by atoms with Crippen molar-refractivity contribution >= 4 is 0 Å². The van der Waals surface area contributed by atoms with Gasteiger partial charge in [-0.25, -0.2) is 0 Å². The smallest absolute Gasteiger partial charge is 0.128 e. The Kier molecular flexibility index (Phi) is 37.0.